The van der Waals surface area contributed by atoms with E-state index in [4.69, 9.17) is 21.1 Å². The number of rotatable bonds is 5. The third kappa shape index (κ3) is 3.24. The van der Waals surface area contributed by atoms with E-state index in [1.54, 1.807) is 18.3 Å². The number of Topliss-reactive ketones (excluding diaryl/α,β-unsaturated/α-hetero) is 1. The molecule has 4 nitrogen and oxygen atoms in total. The zero-order valence-electron chi connectivity index (χ0n) is 13.4. The van der Waals surface area contributed by atoms with Gasteiger partial charge in [0.1, 0.15) is 22.1 Å². The van der Waals surface area contributed by atoms with Gasteiger partial charge >= 0.3 is 0 Å². The molecule has 1 unspecified atom stereocenters. The molecule has 0 amide bonds. The smallest absolute Gasteiger partial charge is 0.183 e. The van der Waals surface area contributed by atoms with Crippen molar-refractivity contribution >= 4 is 44.2 Å². The van der Waals surface area contributed by atoms with Crippen LogP contribution in [0.5, 0.6) is 11.5 Å². The number of halogens is 3. The van der Waals surface area contributed by atoms with Crippen LogP contribution >= 0.6 is 27.5 Å². The van der Waals surface area contributed by atoms with Crippen LogP contribution in [0, 0.1) is 5.82 Å². The highest BCUT2D eigenvalue weighted by atomic mass is 79.9. The Balaban J connectivity index is 2.03. The minimum atomic E-state index is -0.692. The van der Waals surface area contributed by atoms with Gasteiger partial charge < -0.3 is 14.5 Å². The molecule has 0 radical (unpaired) electrons. The highest BCUT2D eigenvalue weighted by Crippen LogP contribution is 2.37. The molecule has 0 fully saturated rings. The molecule has 0 saturated heterocycles. The first kappa shape index (κ1) is 17.8. The molecular formula is C18H14BrClFNO3. The maximum absolute atomic E-state index is 13.4. The Labute approximate surface area is 157 Å². The second-order valence-corrected chi connectivity index (χ2v) is 6.67. The van der Waals surface area contributed by atoms with Crippen LogP contribution in [0.3, 0.4) is 0 Å². The lowest BCUT2D eigenvalue weighted by Crippen LogP contribution is -2.08. The molecule has 130 valence electrons. The predicted molar refractivity (Wildman–Crippen MR) is 98.8 cm³/mol. The second-order valence-electron chi connectivity index (χ2n) is 5.35. The molecule has 3 rings (SSSR count). The van der Waals surface area contributed by atoms with E-state index in [1.165, 1.54) is 32.4 Å². The summed E-state index contributed by atoms with van der Waals surface area (Å²) in [5.41, 5.74) is 1.74. The lowest BCUT2D eigenvalue weighted by molar-refractivity contribution is 0.0992. The van der Waals surface area contributed by atoms with E-state index >= 15 is 0 Å². The van der Waals surface area contributed by atoms with Gasteiger partial charge in [-0.15, -0.1) is 0 Å². The van der Waals surface area contributed by atoms with Crippen molar-refractivity contribution < 1.29 is 18.7 Å². The highest BCUT2D eigenvalue weighted by Gasteiger charge is 2.25. The highest BCUT2D eigenvalue weighted by molar-refractivity contribution is 9.09. The lowest BCUT2D eigenvalue weighted by atomic mass is 10.0. The third-order valence-electron chi connectivity index (χ3n) is 3.92. The van der Waals surface area contributed by atoms with E-state index in [9.17, 15) is 9.18 Å². The Bertz CT molecular complexity index is 957. The molecule has 1 atom stereocenters. The molecule has 0 spiro atoms. The van der Waals surface area contributed by atoms with E-state index in [0.717, 1.165) is 5.52 Å². The molecule has 3 aromatic rings. The Morgan fingerprint density at radius 2 is 1.92 bits per heavy atom. The minimum Gasteiger partial charge on any atom is -0.496 e. The predicted octanol–water partition coefficient (Wildman–Crippen LogP) is 5.30. The fraction of sp³-hybridized carbons (Fsp3) is 0.167. The number of hydrogen-bond donors (Lipinski definition) is 1. The second kappa shape index (κ2) is 7.06. The van der Waals surface area contributed by atoms with Crippen molar-refractivity contribution in [2.75, 3.05) is 14.2 Å². The summed E-state index contributed by atoms with van der Waals surface area (Å²) in [5, 5.41) is 1.09. The fourth-order valence-corrected chi connectivity index (χ4v) is 3.52. The molecule has 1 heterocycles. The zero-order valence-corrected chi connectivity index (χ0v) is 15.7. The first-order valence-corrected chi connectivity index (χ1v) is 8.62. The SMILES string of the molecule is COc1cc2[nH]cc(C(=O)C(Br)c3ccc(F)cc3OC)c2cc1Cl. The molecule has 25 heavy (non-hydrogen) atoms. The van der Waals surface area contributed by atoms with Crippen LogP contribution in [0.4, 0.5) is 4.39 Å². The van der Waals surface area contributed by atoms with Gasteiger partial charge in [-0.1, -0.05) is 33.6 Å². The van der Waals surface area contributed by atoms with Crippen molar-refractivity contribution in [3.05, 3.63) is 58.5 Å². The van der Waals surface area contributed by atoms with Crippen LogP contribution in [0.15, 0.2) is 36.5 Å². The van der Waals surface area contributed by atoms with E-state index < -0.39 is 10.6 Å². The average molecular weight is 427 g/mol. The van der Waals surface area contributed by atoms with Crippen LogP contribution in [0.25, 0.3) is 10.9 Å². The number of methoxy groups -OCH3 is 2. The van der Waals surface area contributed by atoms with Crippen LogP contribution < -0.4 is 9.47 Å². The largest absolute Gasteiger partial charge is 0.496 e. The van der Waals surface area contributed by atoms with Crippen molar-refractivity contribution in [3.63, 3.8) is 0 Å². The van der Waals surface area contributed by atoms with Crippen LogP contribution in [0.2, 0.25) is 5.02 Å². The monoisotopic (exact) mass is 425 g/mol. The molecule has 1 N–H and O–H groups in total. The topological polar surface area (TPSA) is 51.3 Å². The van der Waals surface area contributed by atoms with Crippen molar-refractivity contribution in [1.82, 2.24) is 4.98 Å². The summed E-state index contributed by atoms with van der Waals surface area (Å²) in [4.78, 5) is 15.3. The Morgan fingerprint density at radius 3 is 2.60 bits per heavy atom. The Kier molecular flexibility index (Phi) is 5.01. The number of aromatic amines is 1. The van der Waals surface area contributed by atoms with Gasteiger partial charge in [-0.2, -0.15) is 0 Å². The number of aromatic nitrogens is 1. The van der Waals surface area contributed by atoms with E-state index in [0.29, 0.717) is 33.0 Å². The number of carbonyl (C=O) groups excluding carboxylic acids is 1. The molecule has 7 heteroatoms. The van der Waals surface area contributed by atoms with Gasteiger partial charge in [0.2, 0.25) is 0 Å². The zero-order chi connectivity index (χ0) is 18.1. The van der Waals surface area contributed by atoms with Gasteiger partial charge in [-0.05, 0) is 12.1 Å². The first-order chi connectivity index (χ1) is 12.0. The fourth-order valence-electron chi connectivity index (χ4n) is 2.66. The van der Waals surface area contributed by atoms with Crippen molar-refractivity contribution in [2.24, 2.45) is 0 Å². The number of nitrogens with one attached hydrogen (secondary N) is 1. The van der Waals surface area contributed by atoms with Gasteiger partial charge in [-0.3, -0.25) is 4.79 Å². The van der Waals surface area contributed by atoms with E-state index in [2.05, 4.69) is 20.9 Å². The number of H-pyrrole nitrogens is 1. The molecule has 0 bridgehead atoms. The van der Waals surface area contributed by atoms with Gasteiger partial charge in [0.15, 0.2) is 5.78 Å². The summed E-state index contributed by atoms with van der Waals surface area (Å²) in [6.07, 6.45) is 1.62. The number of fused-ring (bicyclic) bond motifs is 1. The lowest BCUT2D eigenvalue weighted by Gasteiger charge is -2.13. The number of benzene rings is 2. The number of carbonyl (C=O) groups is 1. The summed E-state index contributed by atoms with van der Waals surface area (Å²) < 4.78 is 23.8. The maximum Gasteiger partial charge on any atom is 0.183 e. The molecule has 0 aliphatic rings. The van der Waals surface area contributed by atoms with E-state index in [1.807, 2.05) is 0 Å². The number of ketones is 1. The summed E-state index contributed by atoms with van der Waals surface area (Å²) in [6, 6.07) is 7.47. The Hall–Kier alpha value is -2.05. The summed E-state index contributed by atoms with van der Waals surface area (Å²) in [6.45, 7) is 0. The van der Waals surface area contributed by atoms with Crippen LogP contribution in [-0.4, -0.2) is 25.0 Å². The van der Waals surface area contributed by atoms with E-state index in [-0.39, 0.29) is 5.78 Å². The van der Waals surface area contributed by atoms with Gasteiger partial charge in [0.25, 0.3) is 0 Å². The minimum absolute atomic E-state index is 0.197. The molecular weight excluding hydrogens is 413 g/mol. The van der Waals surface area contributed by atoms with Gasteiger partial charge in [0, 0.05) is 40.4 Å². The van der Waals surface area contributed by atoms with Crippen molar-refractivity contribution in [2.45, 2.75) is 4.83 Å². The molecule has 0 aliphatic heterocycles. The standard InChI is InChI=1S/C18H14BrClFNO3/c1-24-15-5-9(21)3-4-10(15)17(19)18(23)12-8-22-14-7-16(25-2)13(20)6-11(12)14/h3-8,17,22H,1-2H3. The average Bonchev–Trinajstić information content (AvgIpc) is 3.02. The quantitative estimate of drug-likeness (QED) is 0.445. The third-order valence-corrected chi connectivity index (χ3v) is 5.12. The first-order valence-electron chi connectivity index (χ1n) is 7.32. The number of hydrogen-bond acceptors (Lipinski definition) is 3. The maximum atomic E-state index is 13.4. The summed E-state index contributed by atoms with van der Waals surface area (Å²) in [5.74, 6) is 0.191. The van der Waals surface area contributed by atoms with Crippen molar-refractivity contribution in [1.29, 1.82) is 0 Å². The molecule has 0 saturated carbocycles. The van der Waals surface area contributed by atoms with Crippen LogP contribution in [-0.2, 0) is 0 Å². The number of ether oxygens (including phenoxy) is 2. The molecule has 0 aliphatic carbocycles. The summed E-state index contributed by atoms with van der Waals surface area (Å²) >= 11 is 9.57. The molecule has 2 aromatic carbocycles. The van der Waals surface area contributed by atoms with Gasteiger partial charge in [-0.25, -0.2) is 4.39 Å². The summed E-state index contributed by atoms with van der Waals surface area (Å²) in [7, 11) is 2.96. The Morgan fingerprint density at radius 1 is 1.20 bits per heavy atom. The molecule has 1 aromatic heterocycles. The van der Waals surface area contributed by atoms with Crippen molar-refractivity contribution in [3.8, 4) is 11.5 Å². The number of alkyl halides is 1. The van der Waals surface area contributed by atoms with Gasteiger partial charge in [0.05, 0.1) is 19.2 Å². The van der Waals surface area contributed by atoms with Crippen LogP contribution in [0.1, 0.15) is 20.7 Å². The normalized spacial score (nSPS) is 12.2.